The topological polar surface area (TPSA) is 134 Å². The summed E-state index contributed by atoms with van der Waals surface area (Å²) < 4.78 is 0. The summed E-state index contributed by atoms with van der Waals surface area (Å²) in [6.07, 6.45) is 1.33. The maximum Gasteiger partial charge on any atom is 0.295 e. The van der Waals surface area contributed by atoms with Crippen LogP contribution in [0.1, 0.15) is 10.4 Å². The van der Waals surface area contributed by atoms with Gasteiger partial charge in [0.1, 0.15) is 5.69 Å². The molecule has 0 spiro atoms. The summed E-state index contributed by atoms with van der Waals surface area (Å²) in [5.74, 6) is -0.628. The van der Waals surface area contributed by atoms with E-state index in [9.17, 15) is 25.0 Å². The van der Waals surface area contributed by atoms with Crippen LogP contribution in [0.2, 0.25) is 0 Å². The van der Waals surface area contributed by atoms with E-state index >= 15 is 0 Å². The molecule has 0 bridgehead atoms. The summed E-state index contributed by atoms with van der Waals surface area (Å²) in [5, 5.41) is 29.3. The van der Waals surface area contributed by atoms with Gasteiger partial charge in [-0.15, -0.1) is 9.90 Å². The number of nitro groups is 2. The fraction of sp³-hybridized carbons (Fsp3) is 0. The van der Waals surface area contributed by atoms with E-state index in [2.05, 4.69) is 10.2 Å². The highest BCUT2D eigenvalue weighted by Crippen LogP contribution is 2.20. The largest absolute Gasteiger partial charge is 0.295 e. The average Bonchev–Trinajstić information content (AvgIpc) is 3.11. The van der Waals surface area contributed by atoms with Crippen molar-refractivity contribution in [3.8, 4) is 11.3 Å². The monoisotopic (exact) mass is 339 g/mol. The molecule has 0 aliphatic rings. The Bertz CT molecular complexity index is 980. The summed E-state index contributed by atoms with van der Waals surface area (Å²) in [4.78, 5) is 33.5. The first-order valence-electron chi connectivity index (χ1n) is 6.92. The van der Waals surface area contributed by atoms with E-state index < -0.39 is 15.8 Å². The van der Waals surface area contributed by atoms with Gasteiger partial charge in [-0.3, -0.25) is 25.0 Å². The SMILES string of the molecule is O=C(c1cccc([N+](=O)[O-])c1)n1ncc(-c2ccc([N+](=O)[O-])cc2)n1. The highest BCUT2D eigenvalue weighted by atomic mass is 16.6. The molecule has 0 saturated carbocycles. The Labute approximate surface area is 139 Å². The summed E-state index contributed by atoms with van der Waals surface area (Å²) in [6, 6.07) is 10.8. The number of nitro benzene ring substituents is 2. The number of rotatable bonds is 4. The van der Waals surface area contributed by atoms with Crippen molar-refractivity contribution in [3.63, 3.8) is 0 Å². The first kappa shape index (κ1) is 15.9. The zero-order valence-corrected chi connectivity index (χ0v) is 12.5. The molecular formula is C15H9N5O5. The molecule has 1 heterocycles. The average molecular weight is 339 g/mol. The number of carbonyl (C=O) groups excluding carboxylic acids is 1. The Kier molecular flexibility index (Phi) is 4.00. The molecule has 0 atom stereocenters. The highest BCUT2D eigenvalue weighted by molar-refractivity contribution is 5.95. The second-order valence-corrected chi connectivity index (χ2v) is 4.94. The smallest absolute Gasteiger partial charge is 0.265 e. The Morgan fingerprint density at radius 3 is 2.28 bits per heavy atom. The zero-order chi connectivity index (χ0) is 18.0. The minimum atomic E-state index is -0.628. The van der Waals surface area contributed by atoms with E-state index in [0.717, 1.165) is 10.9 Å². The Morgan fingerprint density at radius 2 is 1.64 bits per heavy atom. The van der Waals surface area contributed by atoms with Crippen molar-refractivity contribution in [1.29, 1.82) is 0 Å². The van der Waals surface area contributed by atoms with Crippen molar-refractivity contribution < 1.29 is 14.6 Å². The molecule has 0 aliphatic carbocycles. The minimum Gasteiger partial charge on any atom is -0.265 e. The van der Waals surface area contributed by atoms with Gasteiger partial charge in [-0.25, -0.2) is 0 Å². The molecule has 0 N–H and O–H groups in total. The molecule has 0 aliphatic heterocycles. The summed E-state index contributed by atoms with van der Waals surface area (Å²) in [7, 11) is 0. The van der Waals surface area contributed by atoms with Crippen LogP contribution >= 0.6 is 0 Å². The Morgan fingerprint density at radius 1 is 0.960 bits per heavy atom. The van der Waals surface area contributed by atoms with Gasteiger partial charge in [0, 0.05) is 29.8 Å². The molecule has 3 aromatic rings. The van der Waals surface area contributed by atoms with Crippen LogP contribution in [0.3, 0.4) is 0 Å². The fourth-order valence-corrected chi connectivity index (χ4v) is 2.12. The number of hydrogen-bond acceptors (Lipinski definition) is 7. The van der Waals surface area contributed by atoms with Crippen molar-refractivity contribution in [2.24, 2.45) is 0 Å². The summed E-state index contributed by atoms with van der Waals surface area (Å²) in [6.45, 7) is 0. The van der Waals surface area contributed by atoms with E-state index in [1.807, 2.05) is 0 Å². The molecule has 3 rings (SSSR count). The molecule has 1 aromatic heterocycles. The van der Waals surface area contributed by atoms with Crippen LogP contribution < -0.4 is 0 Å². The maximum atomic E-state index is 12.3. The predicted molar refractivity (Wildman–Crippen MR) is 84.9 cm³/mol. The van der Waals surface area contributed by atoms with Crippen molar-refractivity contribution in [1.82, 2.24) is 15.0 Å². The van der Waals surface area contributed by atoms with Crippen LogP contribution in [-0.2, 0) is 0 Å². The summed E-state index contributed by atoms with van der Waals surface area (Å²) >= 11 is 0. The molecule has 10 nitrogen and oxygen atoms in total. The van der Waals surface area contributed by atoms with Gasteiger partial charge in [0.25, 0.3) is 17.3 Å². The Balaban J connectivity index is 1.88. The van der Waals surface area contributed by atoms with Gasteiger partial charge in [-0.05, 0) is 18.2 Å². The summed E-state index contributed by atoms with van der Waals surface area (Å²) in [5.41, 5.74) is 0.676. The molecule has 10 heteroatoms. The number of carbonyl (C=O) groups is 1. The van der Waals surface area contributed by atoms with Crippen LogP contribution in [-0.4, -0.2) is 30.7 Å². The standard InChI is InChI=1S/C15H9N5O5/c21-15(11-2-1-3-13(8-11)20(24)25)18-16-9-14(17-18)10-4-6-12(7-5-10)19(22)23/h1-9H. The first-order valence-corrected chi connectivity index (χ1v) is 6.92. The minimum absolute atomic E-state index is 0.0659. The van der Waals surface area contributed by atoms with Crippen molar-refractivity contribution in [2.75, 3.05) is 0 Å². The van der Waals surface area contributed by atoms with Crippen LogP contribution in [0.4, 0.5) is 11.4 Å². The van der Waals surface area contributed by atoms with Gasteiger partial charge in [0.15, 0.2) is 0 Å². The quantitative estimate of drug-likeness (QED) is 0.526. The Hall–Kier alpha value is -3.95. The lowest BCUT2D eigenvalue weighted by Gasteiger charge is -1.99. The number of hydrogen-bond donors (Lipinski definition) is 0. The lowest BCUT2D eigenvalue weighted by molar-refractivity contribution is -0.385. The van der Waals surface area contributed by atoms with Crippen molar-refractivity contribution >= 4 is 17.3 Å². The van der Waals surface area contributed by atoms with E-state index in [0.29, 0.717) is 11.3 Å². The molecule has 0 saturated heterocycles. The molecular weight excluding hydrogens is 330 g/mol. The van der Waals surface area contributed by atoms with Gasteiger partial charge in [0.2, 0.25) is 0 Å². The molecule has 0 unspecified atom stereocenters. The van der Waals surface area contributed by atoms with Crippen LogP contribution in [0.25, 0.3) is 11.3 Å². The second kappa shape index (κ2) is 6.28. The molecule has 0 fully saturated rings. The van der Waals surface area contributed by atoms with Crippen LogP contribution in [0, 0.1) is 20.2 Å². The van der Waals surface area contributed by atoms with Gasteiger partial charge in [-0.2, -0.15) is 5.10 Å². The molecule has 2 aromatic carbocycles. The third-order valence-electron chi connectivity index (χ3n) is 3.35. The van der Waals surface area contributed by atoms with Crippen LogP contribution in [0.5, 0.6) is 0 Å². The predicted octanol–water partition coefficient (Wildman–Crippen LogP) is 2.45. The lowest BCUT2D eigenvalue weighted by atomic mass is 10.1. The van der Waals surface area contributed by atoms with Gasteiger partial charge < -0.3 is 0 Å². The lowest BCUT2D eigenvalue weighted by Crippen LogP contribution is -2.15. The maximum absolute atomic E-state index is 12.3. The van der Waals surface area contributed by atoms with Gasteiger partial charge in [0.05, 0.1) is 21.6 Å². The van der Waals surface area contributed by atoms with Gasteiger partial charge in [-0.1, -0.05) is 6.07 Å². The van der Waals surface area contributed by atoms with Crippen molar-refractivity contribution in [3.05, 3.63) is 80.5 Å². The molecule has 124 valence electrons. The van der Waals surface area contributed by atoms with Crippen LogP contribution in [0.15, 0.2) is 54.7 Å². The number of nitrogens with zero attached hydrogens (tertiary/aromatic N) is 5. The second-order valence-electron chi connectivity index (χ2n) is 4.94. The zero-order valence-electron chi connectivity index (χ0n) is 12.5. The van der Waals surface area contributed by atoms with E-state index in [1.165, 1.54) is 48.7 Å². The normalized spacial score (nSPS) is 10.4. The molecule has 0 amide bonds. The van der Waals surface area contributed by atoms with E-state index in [1.54, 1.807) is 0 Å². The van der Waals surface area contributed by atoms with E-state index in [4.69, 9.17) is 0 Å². The number of benzene rings is 2. The van der Waals surface area contributed by atoms with Gasteiger partial charge >= 0.3 is 0 Å². The number of aromatic nitrogens is 3. The number of non-ortho nitro benzene ring substituents is 2. The molecule has 0 radical (unpaired) electrons. The third-order valence-corrected chi connectivity index (χ3v) is 3.35. The van der Waals surface area contributed by atoms with Crippen molar-refractivity contribution in [2.45, 2.75) is 0 Å². The highest BCUT2D eigenvalue weighted by Gasteiger charge is 2.16. The van der Waals surface area contributed by atoms with E-state index in [-0.39, 0.29) is 16.9 Å². The molecule has 25 heavy (non-hydrogen) atoms. The third kappa shape index (κ3) is 3.22. The fourth-order valence-electron chi connectivity index (χ4n) is 2.12. The first-order chi connectivity index (χ1) is 12.0.